The van der Waals surface area contributed by atoms with E-state index in [1.165, 1.54) is 23.4 Å². The van der Waals surface area contributed by atoms with Crippen LogP contribution < -0.4 is 4.90 Å². The number of halogens is 1. The number of pyridine rings is 1. The van der Waals surface area contributed by atoms with Crippen LogP contribution in [0.3, 0.4) is 0 Å². The van der Waals surface area contributed by atoms with Crippen molar-refractivity contribution in [3.05, 3.63) is 58.2 Å². The zero-order chi connectivity index (χ0) is 14.7. The van der Waals surface area contributed by atoms with E-state index in [1.54, 1.807) is 0 Å². The third-order valence-corrected chi connectivity index (χ3v) is 3.38. The van der Waals surface area contributed by atoms with Gasteiger partial charge in [0.15, 0.2) is 0 Å². The molecule has 0 saturated heterocycles. The lowest BCUT2D eigenvalue weighted by atomic mass is 10.1. The molecule has 0 aliphatic heterocycles. The number of anilines is 1. The molecule has 2 aromatic rings. The van der Waals surface area contributed by atoms with Crippen molar-refractivity contribution in [1.82, 2.24) is 4.98 Å². The van der Waals surface area contributed by atoms with Gasteiger partial charge in [0, 0.05) is 19.8 Å². The monoisotopic (exact) mass is 290 g/mol. The van der Waals surface area contributed by atoms with Gasteiger partial charge in [-0.1, -0.05) is 35.9 Å². The summed E-state index contributed by atoms with van der Waals surface area (Å²) in [5.41, 5.74) is 2.45. The lowest BCUT2D eigenvalue weighted by Gasteiger charge is -2.20. The van der Waals surface area contributed by atoms with Gasteiger partial charge in [-0.15, -0.1) is 0 Å². The lowest BCUT2D eigenvalue weighted by Crippen LogP contribution is -2.19. The van der Waals surface area contributed by atoms with E-state index in [9.17, 15) is 4.79 Å². The van der Waals surface area contributed by atoms with Crippen LogP contribution >= 0.6 is 11.6 Å². The molecule has 4 nitrogen and oxygen atoms in total. The molecule has 104 valence electrons. The Morgan fingerprint density at radius 3 is 2.70 bits per heavy atom. The third-order valence-electron chi connectivity index (χ3n) is 3.10. The molecule has 0 amide bonds. The minimum atomic E-state index is -1.03. The number of aryl methyl sites for hydroxylation is 1. The molecule has 0 unspecified atom stereocenters. The Morgan fingerprint density at radius 2 is 2.10 bits per heavy atom. The average molecular weight is 291 g/mol. The van der Waals surface area contributed by atoms with Crippen molar-refractivity contribution in [1.29, 1.82) is 0 Å². The summed E-state index contributed by atoms with van der Waals surface area (Å²) in [6.45, 7) is 2.71. The maximum Gasteiger partial charge on any atom is 0.337 e. The van der Waals surface area contributed by atoms with Crippen molar-refractivity contribution in [2.24, 2.45) is 0 Å². The van der Waals surface area contributed by atoms with Gasteiger partial charge in [0.25, 0.3) is 0 Å². The standard InChI is InChI=1S/C15H15ClN2O2/c1-10-5-3-4-6-11(10)9-18(2)14-13(16)7-12(8-17-14)15(19)20/h3-8H,9H2,1-2H3,(H,19,20). The number of nitrogens with zero attached hydrogens (tertiary/aromatic N) is 2. The van der Waals surface area contributed by atoms with Crippen LogP contribution in [0.2, 0.25) is 5.02 Å². The first-order chi connectivity index (χ1) is 9.49. The summed E-state index contributed by atoms with van der Waals surface area (Å²) in [6, 6.07) is 9.49. The maximum atomic E-state index is 10.9. The number of hydrogen-bond acceptors (Lipinski definition) is 3. The van der Waals surface area contributed by atoms with Crippen LogP contribution in [0.25, 0.3) is 0 Å². The molecule has 1 heterocycles. The molecule has 1 N–H and O–H groups in total. The molecule has 0 atom stereocenters. The van der Waals surface area contributed by atoms with Gasteiger partial charge in [0.1, 0.15) is 5.82 Å². The number of benzene rings is 1. The van der Waals surface area contributed by atoms with Crippen LogP contribution in [0.15, 0.2) is 36.5 Å². The number of aromatic nitrogens is 1. The lowest BCUT2D eigenvalue weighted by molar-refractivity contribution is 0.0696. The Balaban J connectivity index is 2.23. The van der Waals surface area contributed by atoms with E-state index in [4.69, 9.17) is 16.7 Å². The molecule has 20 heavy (non-hydrogen) atoms. The van der Waals surface area contributed by atoms with Gasteiger partial charge in [-0.2, -0.15) is 0 Å². The summed E-state index contributed by atoms with van der Waals surface area (Å²) in [7, 11) is 1.88. The van der Waals surface area contributed by atoms with Gasteiger partial charge in [0.2, 0.25) is 0 Å². The normalized spacial score (nSPS) is 10.3. The van der Waals surface area contributed by atoms with Gasteiger partial charge in [-0.25, -0.2) is 9.78 Å². The molecular formula is C15H15ClN2O2. The van der Waals surface area contributed by atoms with Crippen molar-refractivity contribution in [2.45, 2.75) is 13.5 Å². The van der Waals surface area contributed by atoms with Crippen LogP contribution in [-0.2, 0) is 6.54 Å². The van der Waals surface area contributed by atoms with E-state index >= 15 is 0 Å². The summed E-state index contributed by atoms with van der Waals surface area (Å²) in [4.78, 5) is 16.9. The van der Waals surface area contributed by atoms with Gasteiger partial charge < -0.3 is 10.0 Å². The zero-order valence-corrected chi connectivity index (χ0v) is 12.1. The van der Waals surface area contributed by atoms with Gasteiger partial charge in [-0.05, 0) is 24.1 Å². The number of rotatable bonds is 4. The summed E-state index contributed by atoms with van der Waals surface area (Å²) in [5, 5.41) is 9.23. The van der Waals surface area contributed by atoms with Crippen molar-refractivity contribution < 1.29 is 9.90 Å². The van der Waals surface area contributed by atoms with E-state index < -0.39 is 5.97 Å². The topological polar surface area (TPSA) is 53.4 Å². The second-order valence-electron chi connectivity index (χ2n) is 4.62. The number of carboxylic acid groups (broad SMARTS) is 1. The van der Waals surface area contributed by atoms with Gasteiger partial charge in [-0.3, -0.25) is 0 Å². The zero-order valence-electron chi connectivity index (χ0n) is 11.3. The quantitative estimate of drug-likeness (QED) is 0.938. The van der Waals surface area contributed by atoms with E-state index in [1.807, 2.05) is 43.1 Å². The molecule has 5 heteroatoms. The summed E-state index contributed by atoms with van der Waals surface area (Å²) >= 11 is 6.11. The van der Waals surface area contributed by atoms with Crippen LogP contribution in [0.5, 0.6) is 0 Å². The molecule has 0 fully saturated rings. The molecule has 0 saturated carbocycles. The first-order valence-corrected chi connectivity index (χ1v) is 6.51. The summed E-state index contributed by atoms with van der Waals surface area (Å²) < 4.78 is 0. The Hall–Kier alpha value is -2.07. The van der Waals surface area contributed by atoms with E-state index in [-0.39, 0.29) is 5.56 Å². The fourth-order valence-electron chi connectivity index (χ4n) is 1.95. The Morgan fingerprint density at radius 1 is 1.40 bits per heavy atom. The van der Waals surface area contributed by atoms with Crippen molar-refractivity contribution in [3.63, 3.8) is 0 Å². The minimum absolute atomic E-state index is 0.0861. The largest absolute Gasteiger partial charge is 0.478 e. The number of aromatic carboxylic acids is 1. The van der Waals surface area contributed by atoms with E-state index in [0.717, 1.165) is 0 Å². The number of carbonyl (C=O) groups is 1. The Bertz CT molecular complexity index is 644. The molecule has 0 aliphatic rings. The SMILES string of the molecule is Cc1ccccc1CN(C)c1ncc(C(=O)O)cc1Cl. The predicted octanol–water partition coefficient (Wildman–Crippen LogP) is 3.38. The summed E-state index contributed by atoms with van der Waals surface area (Å²) in [5.74, 6) is -0.465. The van der Waals surface area contributed by atoms with E-state index in [0.29, 0.717) is 17.4 Å². The fraction of sp³-hybridized carbons (Fsp3) is 0.200. The summed E-state index contributed by atoms with van der Waals surface area (Å²) in [6.07, 6.45) is 1.32. The Kier molecular flexibility index (Phi) is 4.25. The van der Waals surface area contributed by atoms with Crippen LogP contribution in [0.4, 0.5) is 5.82 Å². The smallest absolute Gasteiger partial charge is 0.337 e. The molecule has 0 spiro atoms. The highest BCUT2D eigenvalue weighted by atomic mass is 35.5. The van der Waals surface area contributed by atoms with Crippen LogP contribution in [-0.4, -0.2) is 23.1 Å². The molecule has 0 bridgehead atoms. The first-order valence-electron chi connectivity index (χ1n) is 6.13. The highest BCUT2D eigenvalue weighted by Crippen LogP contribution is 2.25. The van der Waals surface area contributed by atoms with Crippen LogP contribution in [0.1, 0.15) is 21.5 Å². The highest BCUT2D eigenvalue weighted by Gasteiger charge is 2.12. The average Bonchev–Trinajstić information content (AvgIpc) is 2.41. The van der Waals surface area contributed by atoms with Crippen molar-refractivity contribution in [3.8, 4) is 0 Å². The van der Waals surface area contributed by atoms with Gasteiger partial charge >= 0.3 is 5.97 Å². The minimum Gasteiger partial charge on any atom is -0.478 e. The predicted molar refractivity (Wildman–Crippen MR) is 79.5 cm³/mol. The first kappa shape index (κ1) is 14.3. The molecule has 0 aliphatic carbocycles. The second kappa shape index (κ2) is 5.92. The fourth-order valence-corrected chi connectivity index (χ4v) is 2.26. The molecule has 1 aromatic heterocycles. The van der Waals surface area contributed by atoms with Gasteiger partial charge in [0.05, 0.1) is 10.6 Å². The van der Waals surface area contributed by atoms with Crippen LogP contribution in [0, 0.1) is 6.92 Å². The highest BCUT2D eigenvalue weighted by molar-refractivity contribution is 6.33. The number of carboxylic acids is 1. The molecule has 0 radical (unpaired) electrons. The third kappa shape index (κ3) is 3.08. The Labute approximate surface area is 122 Å². The molecule has 2 rings (SSSR count). The van der Waals surface area contributed by atoms with Crippen molar-refractivity contribution in [2.75, 3.05) is 11.9 Å². The molecular weight excluding hydrogens is 276 g/mol. The second-order valence-corrected chi connectivity index (χ2v) is 5.02. The molecule has 1 aromatic carbocycles. The number of hydrogen-bond donors (Lipinski definition) is 1. The maximum absolute atomic E-state index is 10.9. The van der Waals surface area contributed by atoms with E-state index in [2.05, 4.69) is 4.98 Å². The van der Waals surface area contributed by atoms with Crippen molar-refractivity contribution >= 4 is 23.4 Å².